The van der Waals surface area contributed by atoms with E-state index in [1.54, 1.807) is 7.05 Å². The highest BCUT2D eigenvalue weighted by Crippen LogP contribution is 2.22. The Morgan fingerprint density at radius 1 is 1.47 bits per heavy atom. The van der Waals surface area contributed by atoms with Crippen LogP contribution in [0.15, 0.2) is 18.5 Å². The molecule has 6 heteroatoms. The third kappa shape index (κ3) is 3.42. The molecular weight excluding hydrogens is 248 g/mol. The number of nitrogens with zero attached hydrogens (tertiary/aromatic N) is 2. The largest absolute Gasteiger partial charge is 0.506 e. The molecule has 1 aromatic heterocycles. The Morgan fingerprint density at radius 2 is 2.16 bits per heavy atom. The molecule has 1 aliphatic rings. The predicted molar refractivity (Wildman–Crippen MR) is 67.9 cm³/mol. The Bertz CT molecular complexity index is 458. The molecule has 2 N–H and O–H groups in total. The van der Waals surface area contributed by atoms with E-state index >= 15 is 0 Å². The molecule has 2 rings (SSSR count). The summed E-state index contributed by atoms with van der Waals surface area (Å²) in [6, 6.07) is 1.36. The highest BCUT2D eigenvalue weighted by atomic mass is 16.5. The first-order valence-electron chi connectivity index (χ1n) is 6.20. The number of aromatic nitrogens is 1. The minimum absolute atomic E-state index is 0.0518. The topological polar surface area (TPSA) is 82.9 Å². The predicted octanol–water partition coefficient (Wildman–Crippen LogP) is 0.401. The fourth-order valence-electron chi connectivity index (χ4n) is 2.19. The molecule has 0 bridgehead atoms. The first kappa shape index (κ1) is 13.8. The molecule has 1 fully saturated rings. The van der Waals surface area contributed by atoms with Crippen molar-refractivity contribution in [3.05, 3.63) is 24.0 Å². The quantitative estimate of drug-likeness (QED) is 0.827. The first-order chi connectivity index (χ1) is 9.00. The van der Waals surface area contributed by atoms with Gasteiger partial charge in [0.15, 0.2) is 0 Å². The van der Waals surface area contributed by atoms with E-state index in [9.17, 15) is 15.0 Å². The van der Waals surface area contributed by atoms with E-state index < -0.39 is 5.60 Å². The molecule has 19 heavy (non-hydrogen) atoms. The summed E-state index contributed by atoms with van der Waals surface area (Å²) in [4.78, 5) is 17.4. The average Bonchev–Trinajstić information content (AvgIpc) is 2.38. The number of carbonyl (C=O) groups excluding carboxylic acids is 1. The highest BCUT2D eigenvalue weighted by molar-refractivity contribution is 5.94. The number of pyridine rings is 1. The van der Waals surface area contributed by atoms with Crippen LogP contribution in [-0.2, 0) is 4.74 Å². The van der Waals surface area contributed by atoms with Crippen molar-refractivity contribution in [3.63, 3.8) is 0 Å². The van der Waals surface area contributed by atoms with Gasteiger partial charge in [0.1, 0.15) is 5.75 Å². The van der Waals surface area contributed by atoms with Crippen LogP contribution in [0.4, 0.5) is 0 Å². The molecule has 104 valence electrons. The third-order valence-corrected chi connectivity index (χ3v) is 3.27. The van der Waals surface area contributed by atoms with Crippen molar-refractivity contribution in [1.82, 2.24) is 9.88 Å². The van der Waals surface area contributed by atoms with Crippen molar-refractivity contribution in [2.45, 2.75) is 18.4 Å². The molecule has 1 aliphatic heterocycles. The second kappa shape index (κ2) is 5.54. The van der Waals surface area contributed by atoms with Gasteiger partial charge in [0, 0.05) is 45.8 Å². The van der Waals surface area contributed by atoms with Crippen LogP contribution in [0.3, 0.4) is 0 Å². The number of likely N-dealkylation sites (N-methyl/N-ethyl adjacent to an activating group) is 1. The molecule has 1 aromatic rings. The van der Waals surface area contributed by atoms with Gasteiger partial charge in [-0.15, -0.1) is 0 Å². The molecule has 0 aromatic carbocycles. The van der Waals surface area contributed by atoms with E-state index in [1.807, 2.05) is 0 Å². The highest BCUT2D eigenvalue weighted by Gasteiger charge is 2.32. The van der Waals surface area contributed by atoms with E-state index in [1.165, 1.54) is 23.4 Å². The smallest absolute Gasteiger partial charge is 0.255 e. The molecule has 6 nitrogen and oxygen atoms in total. The summed E-state index contributed by atoms with van der Waals surface area (Å²) in [5.41, 5.74) is -0.592. The van der Waals surface area contributed by atoms with Crippen molar-refractivity contribution in [1.29, 1.82) is 0 Å². The fraction of sp³-hybridized carbons (Fsp3) is 0.538. The molecule has 2 heterocycles. The summed E-state index contributed by atoms with van der Waals surface area (Å²) >= 11 is 0. The Balaban J connectivity index is 2.03. The zero-order chi connectivity index (χ0) is 13.9. The van der Waals surface area contributed by atoms with Crippen LogP contribution >= 0.6 is 0 Å². The van der Waals surface area contributed by atoms with Gasteiger partial charge in [-0.25, -0.2) is 0 Å². The molecular formula is C13H18N2O4. The monoisotopic (exact) mass is 266 g/mol. The van der Waals surface area contributed by atoms with Gasteiger partial charge >= 0.3 is 0 Å². The van der Waals surface area contributed by atoms with Crippen LogP contribution in [0.1, 0.15) is 23.2 Å². The Morgan fingerprint density at radius 3 is 2.79 bits per heavy atom. The SMILES string of the molecule is CN(CC1(O)CCOCC1)C(=O)c1cncc(O)c1. The van der Waals surface area contributed by atoms with E-state index in [-0.39, 0.29) is 18.2 Å². The first-order valence-corrected chi connectivity index (χ1v) is 6.20. The van der Waals surface area contributed by atoms with Gasteiger partial charge in [0.05, 0.1) is 17.4 Å². The Hall–Kier alpha value is -1.66. The Kier molecular flexibility index (Phi) is 4.01. The second-order valence-electron chi connectivity index (χ2n) is 4.93. The molecule has 0 saturated carbocycles. The van der Waals surface area contributed by atoms with Crippen LogP contribution in [0.2, 0.25) is 0 Å². The number of rotatable bonds is 3. The standard InChI is InChI=1S/C13H18N2O4/c1-15(9-13(18)2-4-19-5-3-13)12(17)10-6-11(16)8-14-7-10/h6-8,16,18H,2-5,9H2,1H3. The number of amides is 1. The number of hydrogen-bond donors (Lipinski definition) is 2. The number of aliphatic hydroxyl groups is 1. The van der Waals surface area contributed by atoms with Gasteiger partial charge in [-0.3, -0.25) is 9.78 Å². The van der Waals surface area contributed by atoms with Crippen molar-refractivity contribution >= 4 is 5.91 Å². The van der Waals surface area contributed by atoms with Crippen molar-refractivity contribution in [3.8, 4) is 5.75 Å². The summed E-state index contributed by atoms with van der Waals surface area (Å²) in [5.74, 6) is -0.327. The van der Waals surface area contributed by atoms with Crippen molar-refractivity contribution in [2.24, 2.45) is 0 Å². The van der Waals surface area contributed by atoms with E-state index in [0.29, 0.717) is 31.6 Å². The summed E-state index contributed by atoms with van der Waals surface area (Å²) in [6.07, 6.45) is 3.70. The number of aromatic hydroxyl groups is 1. The van der Waals surface area contributed by atoms with Crippen LogP contribution in [0, 0.1) is 0 Å². The number of hydrogen-bond acceptors (Lipinski definition) is 5. The second-order valence-corrected chi connectivity index (χ2v) is 4.93. The molecule has 0 radical (unpaired) electrons. The number of carbonyl (C=O) groups is 1. The molecule has 0 spiro atoms. The van der Waals surface area contributed by atoms with Gasteiger partial charge in [0.2, 0.25) is 0 Å². The lowest BCUT2D eigenvalue weighted by Crippen LogP contribution is -2.47. The van der Waals surface area contributed by atoms with Crippen LogP contribution < -0.4 is 0 Å². The van der Waals surface area contributed by atoms with Gasteiger partial charge < -0.3 is 19.8 Å². The lowest BCUT2D eigenvalue weighted by Gasteiger charge is -2.35. The van der Waals surface area contributed by atoms with Crippen LogP contribution in [-0.4, -0.2) is 58.4 Å². The molecule has 1 saturated heterocycles. The zero-order valence-electron chi connectivity index (χ0n) is 10.9. The normalized spacial score (nSPS) is 18.0. The minimum atomic E-state index is -0.896. The summed E-state index contributed by atoms with van der Waals surface area (Å²) in [5, 5.41) is 19.7. The van der Waals surface area contributed by atoms with Gasteiger partial charge in [-0.05, 0) is 6.07 Å². The minimum Gasteiger partial charge on any atom is -0.506 e. The molecule has 0 unspecified atom stereocenters. The maximum atomic E-state index is 12.1. The fourth-order valence-corrected chi connectivity index (χ4v) is 2.19. The maximum absolute atomic E-state index is 12.1. The van der Waals surface area contributed by atoms with E-state index in [2.05, 4.69) is 4.98 Å². The molecule has 0 aliphatic carbocycles. The van der Waals surface area contributed by atoms with Crippen LogP contribution in [0.25, 0.3) is 0 Å². The third-order valence-electron chi connectivity index (χ3n) is 3.27. The lowest BCUT2D eigenvalue weighted by molar-refractivity contribution is -0.0734. The number of ether oxygens (including phenoxy) is 1. The summed E-state index contributed by atoms with van der Waals surface area (Å²) < 4.78 is 5.20. The zero-order valence-corrected chi connectivity index (χ0v) is 10.9. The lowest BCUT2D eigenvalue weighted by atomic mass is 9.94. The van der Waals surface area contributed by atoms with Gasteiger partial charge in [-0.2, -0.15) is 0 Å². The molecule has 1 amide bonds. The van der Waals surface area contributed by atoms with E-state index in [0.717, 1.165) is 0 Å². The van der Waals surface area contributed by atoms with Crippen molar-refractivity contribution in [2.75, 3.05) is 26.8 Å². The van der Waals surface area contributed by atoms with E-state index in [4.69, 9.17) is 4.74 Å². The summed E-state index contributed by atoms with van der Waals surface area (Å²) in [7, 11) is 1.62. The Labute approximate surface area is 111 Å². The van der Waals surface area contributed by atoms with Crippen molar-refractivity contribution < 1.29 is 19.7 Å². The molecule has 0 atom stereocenters. The van der Waals surface area contributed by atoms with Gasteiger partial charge in [-0.1, -0.05) is 0 Å². The maximum Gasteiger partial charge on any atom is 0.255 e. The van der Waals surface area contributed by atoms with Crippen LogP contribution in [0.5, 0.6) is 5.75 Å². The average molecular weight is 266 g/mol. The summed E-state index contributed by atoms with van der Waals surface area (Å²) in [6.45, 7) is 1.25. The van der Waals surface area contributed by atoms with Gasteiger partial charge in [0.25, 0.3) is 5.91 Å².